The third kappa shape index (κ3) is 4.30. The molecule has 0 spiro atoms. The fourth-order valence-electron chi connectivity index (χ4n) is 0. The van der Waals surface area contributed by atoms with Crippen LogP contribution in [0.1, 0.15) is 13.8 Å². The van der Waals surface area contributed by atoms with Crippen LogP contribution in [0.4, 0.5) is 0 Å². The van der Waals surface area contributed by atoms with Crippen molar-refractivity contribution in [3.8, 4) is 0 Å². The number of hydrogen-bond donors (Lipinski definition) is 2. The molecule has 9 heavy (non-hydrogen) atoms. The van der Waals surface area contributed by atoms with Crippen molar-refractivity contribution >= 4 is 39.7 Å². The smallest absolute Gasteiger partial charge is 0.294 e. The largest absolute Gasteiger partial charge is 0.373 e. The minimum atomic E-state index is -4.28. The van der Waals surface area contributed by atoms with E-state index in [1.807, 2.05) is 0 Å². The fourth-order valence-corrected chi connectivity index (χ4v) is 0. The van der Waals surface area contributed by atoms with Gasteiger partial charge >= 0.3 is 0 Å². The van der Waals surface area contributed by atoms with Crippen LogP contribution in [0.3, 0.4) is 0 Å². The summed E-state index contributed by atoms with van der Waals surface area (Å²) in [4.78, 5) is -2.03. The van der Waals surface area contributed by atoms with Crippen LogP contribution in [0, 0.1) is 0 Å². The molecule has 4 nitrogen and oxygen atoms in total. The standard InChI is InChI=1S/C3H8O4S.Na/c1-3(2,4)8(5,6)7;/h4H,1-2H3,(H,5,6,7);. The van der Waals surface area contributed by atoms with Crippen LogP contribution in [-0.2, 0) is 10.1 Å². The minimum absolute atomic E-state index is 0. The first-order valence-electron chi connectivity index (χ1n) is 1.94. The van der Waals surface area contributed by atoms with Gasteiger partial charge in [-0.15, -0.1) is 0 Å². The molecule has 0 fully saturated rings. The van der Waals surface area contributed by atoms with Crippen LogP contribution < -0.4 is 0 Å². The molecule has 0 rings (SSSR count). The van der Waals surface area contributed by atoms with E-state index in [4.69, 9.17) is 9.66 Å². The van der Waals surface area contributed by atoms with Crippen molar-refractivity contribution in [2.75, 3.05) is 0 Å². The van der Waals surface area contributed by atoms with Crippen LogP contribution in [0.25, 0.3) is 0 Å². The monoisotopic (exact) mass is 163 g/mol. The summed E-state index contributed by atoms with van der Waals surface area (Å²) in [6.07, 6.45) is 0. The molecule has 0 saturated heterocycles. The SMILES string of the molecule is CC(C)(O)S(=O)(=O)O.[Na]. The summed E-state index contributed by atoms with van der Waals surface area (Å²) in [5, 5.41) is 8.52. The molecule has 0 heterocycles. The van der Waals surface area contributed by atoms with E-state index in [0.29, 0.717) is 0 Å². The second kappa shape index (κ2) is 3.32. The number of hydrogen-bond acceptors (Lipinski definition) is 3. The van der Waals surface area contributed by atoms with Crippen LogP contribution in [0.5, 0.6) is 0 Å². The van der Waals surface area contributed by atoms with Crippen LogP contribution in [0.15, 0.2) is 0 Å². The summed E-state index contributed by atoms with van der Waals surface area (Å²) >= 11 is 0. The minimum Gasteiger partial charge on any atom is -0.373 e. The van der Waals surface area contributed by atoms with Gasteiger partial charge < -0.3 is 5.11 Å². The van der Waals surface area contributed by atoms with E-state index in [9.17, 15) is 8.42 Å². The molecule has 0 aliphatic heterocycles. The summed E-state index contributed by atoms with van der Waals surface area (Å²) in [7, 11) is -4.28. The average Bonchev–Trinajstić information content (AvgIpc) is 1.25. The van der Waals surface area contributed by atoms with Gasteiger partial charge in [0.1, 0.15) is 0 Å². The third-order valence-electron chi connectivity index (χ3n) is 0.631. The maximum atomic E-state index is 9.96. The van der Waals surface area contributed by atoms with Gasteiger partial charge in [-0.2, -0.15) is 8.42 Å². The molecule has 0 atom stereocenters. The average molecular weight is 163 g/mol. The second-order valence-electron chi connectivity index (χ2n) is 1.92. The zero-order valence-electron chi connectivity index (χ0n) is 5.62. The van der Waals surface area contributed by atoms with Gasteiger partial charge in [-0.1, -0.05) is 0 Å². The second-order valence-corrected chi connectivity index (χ2v) is 3.87. The summed E-state index contributed by atoms with van der Waals surface area (Å²) in [6.45, 7) is 1.98. The topological polar surface area (TPSA) is 74.6 Å². The van der Waals surface area contributed by atoms with Gasteiger partial charge in [-0.25, -0.2) is 0 Å². The Kier molecular flexibility index (Phi) is 4.62. The first-order valence-corrected chi connectivity index (χ1v) is 3.38. The predicted molar refractivity (Wildman–Crippen MR) is 33.6 cm³/mol. The predicted octanol–water partition coefficient (Wildman–Crippen LogP) is -0.778. The van der Waals surface area contributed by atoms with Crippen molar-refractivity contribution in [1.29, 1.82) is 0 Å². The summed E-state index contributed by atoms with van der Waals surface area (Å²) in [6, 6.07) is 0. The first kappa shape index (κ1) is 12.5. The molecule has 0 saturated carbocycles. The summed E-state index contributed by atoms with van der Waals surface area (Å²) in [5.74, 6) is 0. The van der Waals surface area contributed by atoms with Gasteiger partial charge in [-0.05, 0) is 13.8 Å². The molecule has 0 unspecified atom stereocenters. The van der Waals surface area contributed by atoms with Crippen LogP contribution in [-0.4, -0.2) is 52.6 Å². The molecule has 0 aliphatic carbocycles. The van der Waals surface area contributed by atoms with Gasteiger partial charge in [0.05, 0.1) is 0 Å². The quantitative estimate of drug-likeness (QED) is 0.393. The molecule has 0 aromatic rings. The molecule has 6 heteroatoms. The Morgan fingerprint density at radius 2 is 1.44 bits per heavy atom. The zero-order valence-corrected chi connectivity index (χ0v) is 8.44. The molecular formula is C3H8NaO4S. The van der Waals surface area contributed by atoms with Crippen LogP contribution in [0.2, 0.25) is 0 Å². The maximum Gasteiger partial charge on any atom is 0.294 e. The summed E-state index contributed by atoms with van der Waals surface area (Å²) in [5.41, 5.74) is 0. The van der Waals surface area contributed by atoms with E-state index in [1.54, 1.807) is 0 Å². The van der Waals surface area contributed by atoms with Crippen molar-refractivity contribution in [3.05, 3.63) is 0 Å². The van der Waals surface area contributed by atoms with Crippen molar-refractivity contribution in [3.63, 3.8) is 0 Å². The molecule has 0 aliphatic rings. The van der Waals surface area contributed by atoms with Crippen molar-refractivity contribution < 1.29 is 18.1 Å². The Morgan fingerprint density at radius 3 is 1.44 bits per heavy atom. The van der Waals surface area contributed by atoms with Crippen molar-refractivity contribution in [2.45, 2.75) is 18.8 Å². The normalized spacial score (nSPS) is 12.4. The third-order valence-corrected chi connectivity index (χ3v) is 1.89. The van der Waals surface area contributed by atoms with Gasteiger partial charge in [-0.3, -0.25) is 4.55 Å². The molecule has 51 valence electrons. The van der Waals surface area contributed by atoms with E-state index in [0.717, 1.165) is 13.8 Å². The van der Waals surface area contributed by atoms with Gasteiger partial charge in [0.25, 0.3) is 10.1 Å². The summed E-state index contributed by atoms with van der Waals surface area (Å²) < 4.78 is 28.0. The number of aliphatic hydroxyl groups is 1. The van der Waals surface area contributed by atoms with E-state index >= 15 is 0 Å². The van der Waals surface area contributed by atoms with E-state index in [-0.39, 0.29) is 29.6 Å². The first-order chi connectivity index (χ1) is 3.25. The van der Waals surface area contributed by atoms with Gasteiger partial charge in [0.2, 0.25) is 0 Å². The Balaban J connectivity index is 0. The van der Waals surface area contributed by atoms with Crippen LogP contribution >= 0.6 is 0 Å². The maximum absolute atomic E-state index is 9.96. The Morgan fingerprint density at radius 1 is 1.33 bits per heavy atom. The molecule has 1 radical (unpaired) electrons. The molecule has 0 amide bonds. The Hall–Kier alpha value is 0.870. The van der Waals surface area contributed by atoms with Crippen molar-refractivity contribution in [2.24, 2.45) is 0 Å². The molecule has 0 aromatic heterocycles. The number of rotatable bonds is 1. The molecular weight excluding hydrogens is 155 g/mol. The fraction of sp³-hybridized carbons (Fsp3) is 1.00. The molecule has 2 N–H and O–H groups in total. The van der Waals surface area contributed by atoms with E-state index < -0.39 is 15.1 Å². The Bertz CT molecular complexity index is 165. The Labute approximate surface area is 76.3 Å². The van der Waals surface area contributed by atoms with E-state index in [2.05, 4.69) is 0 Å². The van der Waals surface area contributed by atoms with Crippen molar-refractivity contribution in [1.82, 2.24) is 0 Å². The molecule has 0 bridgehead atoms. The van der Waals surface area contributed by atoms with Gasteiger partial charge in [0.15, 0.2) is 4.93 Å². The van der Waals surface area contributed by atoms with E-state index in [1.165, 1.54) is 0 Å². The zero-order chi connectivity index (χ0) is 7.00. The van der Waals surface area contributed by atoms with Gasteiger partial charge in [0, 0.05) is 29.6 Å². The molecule has 0 aromatic carbocycles.